The average molecular weight is 324 g/mol. The molecule has 3 N–H and O–H groups in total. The number of carbonyl (C=O) groups excluding carboxylic acids is 1. The number of amides is 1. The Labute approximate surface area is 131 Å². The maximum Gasteiger partial charge on any atom is 0.265 e. The van der Waals surface area contributed by atoms with Crippen LogP contribution in [0.15, 0.2) is 47.6 Å². The Morgan fingerprint density at radius 2 is 2.10 bits per heavy atom. The van der Waals surface area contributed by atoms with E-state index >= 15 is 0 Å². The van der Waals surface area contributed by atoms with Gasteiger partial charge in [0.05, 0.1) is 11.6 Å². The van der Waals surface area contributed by atoms with Crippen LogP contribution in [0, 0.1) is 0 Å². The number of hydrazine groups is 1. The summed E-state index contributed by atoms with van der Waals surface area (Å²) in [6.07, 6.45) is 1.70. The van der Waals surface area contributed by atoms with Crippen LogP contribution in [-0.4, -0.2) is 23.3 Å². The number of hydrogen-bond donors (Lipinski definition) is 2. The molecule has 1 amide bonds. The fourth-order valence-corrected chi connectivity index (χ4v) is 2.55. The van der Waals surface area contributed by atoms with E-state index in [0.29, 0.717) is 22.9 Å². The van der Waals surface area contributed by atoms with Crippen LogP contribution in [0.25, 0.3) is 0 Å². The van der Waals surface area contributed by atoms with E-state index < -0.39 is 0 Å². The Hall–Kier alpha value is -1.76. The van der Waals surface area contributed by atoms with E-state index in [0.717, 1.165) is 10.8 Å². The number of ether oxygens (including phenoxy) is 1. The van der Waals surface area contributed by atoms with E-state index in [1.54, 1.807) is 42.6 Å². The fraction of sp³-hybridized carbons (Fsp3) is 0.143. The molecule has 21 heavy (non-hydrogen) atoms. The molecule has 5 nitrogen and oxygen atoms in total. The standard InChI is InChI=1S/C14H14ClN3O2S/c15-12-2-1-7-17-14(12)21-9-8-20-11-5-3-10(4-6-11)13(19)18-16/h1-7H,8-9,16H2,(H,18,19). The van der Waals surface area contributed by atoms with Crippen LogP contribution < -0.4 is 16.0 Å². The molecule has 0 saturated heterocycles. The lowest BCUT2D eigenvalue weighted by molar-refractivity contribution is 0.0953. The summed E-state index contributed by atoms with van der Waals surface area (Å²) >= 11 is 7.54. The highest BCUT2D eigenvalue weighted by Crippen LogP contribution is 2.24. The Bertz CT molecular complexity index is 607. The lowest BCUT2D eigenvalue weighted by atomic mass is 10.2. The van der Waals surface area contributed by atoms with Gasteiger partial charge >= 0.3 is 0 Å². The van der Waals surface area contributed by atoms with Crippen LogP contribution in [-0.2, 0) is 0 Å². The van der Waals surface area contributed by atoms with Crippen molar-refractivity contribution < 1.29 is 9.53 Å². The van der Waals surface area contributed by atoms with E-state index in [2.05, 4.69) is 10.4 Å². The van der Waals surface area contributed by atoms with E-state index in [9.17, 15) is 4.79 Å². The van der Waals surface area contributed by atoms with Gasteiger partial charge in [-0.2, -0.15) is 0 Å². The van der Waals surface area contributed by atoms with Crippen molar-refractivity contribution in [2.75, 3.05) is 12.4 Å². The number of rotatable bonds is 6. The average Bonchev–Trinajstić information content (AvgIpc) is 2.53. The zero-order valence-electron chi connectivity index (χ0n) is 11.1. The normalized spacial score (nSPS) is 10.2. The lowest BCUT2D eigenvalue weighted by Gasteiger charge is -2.07. The largest absolute Gasteiger partial charge is 0.493 e. The van der Waals surface area contributed by atoms with Gasteiger partial charge in [0, 0.05) is 17.5 Å². The molecule has 0 bridgehead atoms. The predicted molar refractivity (Wildman–Crippen MR) is 83.6 cm³/mol. The quantitative estimate of drug-likeness (QED) is 0.281. The van der Waals surface area contributed by atoms with E-state index in [1.807, 2.05) is 0 Å². The van der Waals surface area contributed by atoms with Crippen LogP contribution in [0.2, 0.25) is 5.02 Å². The van der Waals surface area contributed by atoms with Crippen LogP contribution in [0.3, 0.4) is 0 Å². The number of hydrogen-bond acceptors (Lipinski definition) is 5. The topological polar surface area (TPSA) is 77.2 Å². The first kappa shape index (κ1) is 15.6. The summed E-state index contributed by atoms with van der Waals surface area (Å²) in [4.78, 5) is 15.5. The Kier molecular flexibility index (Phi) is 5.86. The number of nitrogens with zero attached hydrogens (tertiary/aromatic N) is 1. The molecule has 7 heteroatoms. The molecule has 0 radical (unpaired) electrons. The van der Waals surface area contributed by atoms with Crippen molar-refractivity contribution in [1.82, 2.24) is 10.4 Å². The molecule has 0 spiro atoms. The number of carbonyl (C=O) groups is 1. The summed E-state index contributed by atoms with van der Waals surface area (Å²) in [6.45, 7) is 0.514. The summed E-state index contributed by atoms with van der Waals surface area (Å²) in [5.41, 5.74) is 2.56. The van der Waals surface area contributed by atoms with Gasteiger partial charge in [0.15, 0.2) is 0 Å². The van der Waals surface area contributed by atoms with Crippen molar-refractivity contribution in [3.05, 3.63) is 53.2 Å². The van der Waals surface area contributed by atoms with Gasteiger partial charge in [0.1, 0.15) is 10.8 Å². The van der Waals surface area contributed by atoms with Gasteiger partial charge in [-0.25, -0.2) is 10.8 Å². The Morgan fingerprint density at radius 1 is 1.33 bits per heavy atom. The van der Waals surface area contributed by atoms with Crippen molar-refractivity contribution in [3.63, 3.8) is 0 Å². The molecule has 1 aromatic heterocycles. The predicted octanol–water partition coefficient (Wildman–Crippen LogP) is 2.51. The third kappa shape index (κ3) is 4.63. The third-order valence-corrected chi connectivity index (χ3v) is 3.95. The minimum atomic E-state index is -0.332. The number of nitrogens with one attached hydrogen (secondary N) is 1. The summed E-state index contributed by atoms with van der Waals surface area (Å²) in [5.74, 6) is 6.14. The van der Waals surface area contributed by atoms with Crippen molar-refractivity contribution in [2.24, 2.45) is 5.84 Å². The fourth-order valence-electron chi connectivity index (χ4n) is 1.56. The second-order valence-electron chi connectivity index (χ2n) is 3.99. The number of benzene rings is 1. The van der Waals surface area contributed by atoms with Gasteiger partial charge in [-0.3, -0.25) is 10.2 Å². The molecule has 1 heterocycles. The van der Waals surface area contributed by atoms with Gasteiger partial charge in [0.2, 0.25) is 0 Å². The first-order chi connectivity index (χ1) is 10.2. The molecule has 0 aliphatic heterocycles. The van der Waals surface area contributed by atoms with E-state index in [1.165, 1.54) is 11.8 Å². The number of halogens is 1. The second-order valence-corrected chi connectivity index (χ2v) is 5.48. The first-order valence-electron chi connectivity index (χ1n) is 6.18. The summed E-state index contributed by atoms with van der Waals surface area (Å²) in [7, 11) is 0. The Morgan fingerprint density at radius 3 is 2.76 bits per heavy atom. The van der Waals surface area contributed by atoms with Gasteiger partial charge in [-0.15, -0.1) is 11.8 Å². The minimum Gasteiger partial charge on any atom is -0.493 e. The maximum atomic E-state index is 11.3. The Balaban J connectivity index is 1.79. The molecule has 2 rings (SSSR count). The molecule has 0 atom stereocenters. The molecule has 110 valence electrons. The zero-order valence-corrected chi connectivity index (χ0v) is 12.7. The van der Waals surface area contributed by atoms with Crippen molar-refractivity contribution in [3.8, 4) is 5.75 Å². The van der Waals surface area contributed by atoms with Crippen LogP contribution in [0.1, 0.15) is 10.4 Å². The van der Waals surface area contributed by atoms with Gasteiger partial charge in [-0.05, 0) is 36.4 Å². The summed E-state index contributed by atoms with van der Waals surface area (Å²) < 4.78 is 5.58. The number of pyridine rings is 1. The van der Waals surface area contributed by atoms with Crippen molar-refractivity contribution in [2.45, 2.75) is 5.03 Å². The minimum absolute atomic E-state index is 0.332. The molecule has 0 fully saturated rings. The SMILES string of the molecule is NNC(=O)c1ccc(OCCSc2ncccc2Cl)cc1. The van der Waals surface area contributed by atoms with Crippen LogP contribution >= 0.6 is 23.4 Å². The molecular formula is C14H14ClN3O2S. The number of nitrogen functional groups attached to an aromatic ring is 1. The van der Waals surface area contributed by atoms with Crippen molar-refractivity contribution >= 4 is 29.3 Å². The van der Waals surface area contributed by atoms with Crippen LogP contribution in [0.4, 0.5) is 0 Å². The second kappa shape index (κ2) is 7.87. The molecule has 0 aliphatic carbocycles. The first-order valence-corrected chi connectivity index (χ1v) is 7.54. The number of thioether (sulfide) groups is 1. The van der Waals surface area contributed by atoms with Gasteiger partial charge in [-0.1, -0.05) is 11.6 Å². The smallest absolute Gasteiger partial charge is 0.265 e. The zero-order chi connectivity index (χ0) is 15.1. The summed E-state index contributed by atoms with van der Waals surface area (Å²) in [6, 6.07) is 10.4. The van der Waals surface area contributed by atoms with Crippen molar-refractivity contribution in [1.29, 1.82) is 0 Å². The number of nitrogens with two attached hydrogens (primary N) is 1. The molecule has 0 saturated carbocycles. The van der Waals surface area contributed by atoms with E-state index in [-0.39, 0.29) is 5.91 Å². The monoisotopic (exact) mass is 323 g/mol. The molecule has 0 aliphatic rings. The highest BCUT2D eigenvalue weighted by molar-refractivity contribution is 7.99. The van der Waals surface area contributed by atoms with Gasteiger partial charge in [0.25, 0.3) is 5.91 Å². The van der Waals surface area contributed by atoms with Gasteiger partial charge < -0.3 is 4.74 Å². The maximum absolute atomic E-state index is 11.3. The van der Waals surface area contributed by atoms with Crippen LogP contribution in [0.5, 0.6) is 5.75 Å². The molecule has 1 aromatic carbocycles. The third-order valence-electron chi connectivity index (χ3n) is 2.56. The highest BCUT2D eigenvalue weighted by Gasteiger charge is 2.04. The highest BCUT2D eigenvalue weighted by atomic mass is 35.5. The van der Waals surface area contributed by atoms with E-state index in [4.69, 9.17) is 22.2 Å². The summed E-state index contributed by atoms with van der Waals surface area (Å²) in [5, 5.41) is 1.43. The molecule has 0 unspecified atom stereocenters. The lowest BCUT2D eigenvalue weighted by Crippen LogP contribution is -2.29. The molecule has 2 aromatic rings. The molecular weight excluding hydrogens is 310 g/mol. The number of aromatic nitrogens is 1.